The summed E-state index contributed by atoms with van der Waals surface area (Å²) in [5.41, 5.74) is 4.95. The zero-order valence-corrected chi connectivity index (χ0v) is 18.3. The number of benzene rings is 2. The second-order valence-electron chi connectivity index (χ2n) is 5.93. The number of hydrazone groups is 1. The molecule has 11 heteroatoms. The van der Waals surface area contributed by atoms with Crippen molar-refractivity contribution in [1.29, 1.82) is 0 Å². The molecule has 1 N–H and O–H groups in total. The summed E-state index contributed by atoms with van der Waals surface area (Å²) in [6, 6.07) is 16.1. The maximum atomic E-state index is 12.0. The van der Waals surface area contributed by atoms with E-state index in [1.165, 1.54) is 40.8 Å². The van der Waals surface area contributed by atoms with Crippen LogP contribution in [0.4, 0.5) is 5.69 Å². The molecule has 0 radical (unpaired) electrons. The molecule has 0 unspecified atom stereocenters. The number of carbonyl (C=O) groups is 1. The summed E-state index contributed by atoms with van der Waals surface area (Å²) in [6.07, 6.45) is 0. The first kappa shape index (κ1) is 21.9. The van der Waals surface area contributed by atoms with Gasteiger partial charge in [0.15, 0.2) is 8.68 Å². The second kappa shape index (κ2) is 10.9. The average Bonchev–Trinajstić information content (AvgIpc) is 3.23. The summed E-state index contributed by atoms with van der Waals surface area (Å²) in [5, 5.41) is 23.0. The first-order chi connectivity index (χ1) is 14.5. The molecule has 0 spiro atoms. The number of rotatable bonds is 9. The number of nitrogens with one attached hydrogen (secondary N) is 1. The molecule has 0 fully saturated rings. The van der Waals surface area contributed by atoms with Crippen LogP contribution in [0.3, 0.4) is 0 Å². The molecule has 0 saturated heterocycles. The summed E-state index contributed by atoms with van der Waals surface area (Å²) in [7, 11) is 0. The van der Waals surface area contributed by atoms with Gasteiger partial charge in [-0.2, -0.15) is 5.10 Å². The monoisotopic (exact) mass is 459 g/mol. The van der Waals surface area contributed by atoms with Gasteiger partial charge in [-0.05, 0) is 30.2 Å². The van der Waals surface area contributed by atoms with Crippen LogP contribution in [-0.4, -0.2) is 32.5 Å². The normalized spacial score (nSPS) is 11.3. The van der Waals surface area contributed by atoms with Crippen molar-refractivity contribution in [3.05, 3.63) is 75.8 Å². The molecule has 0 aliphatic carbocycles. The lowest BCUT2D eigenvalue weighted by atomic mass is 10.1. The third kappa shape index (κ3) is 6.65. The highest BCUT2D eigenvalue weighted by Crippen LogP contribution is 2.30. The average molecular weight is 460 g/mol. The van der Waals surface area contributed by atoms with E-state index in [0.29, 0.717) is 11.3 Å². The minimum Gasteiger partial charge on any atom is -0.272 e. The fourth-order valence-electron chi connectivity index (χ4n) is 2.23. The number of nitro groups is 1. The lowest BCUT2D eigenvalue weighted by Gasteiger charge is -2.02. The van der Waals surface area contributed by atoms with Gasteiger partial charge in [-0.1, -0.05) is 65.2 Å². The van der Waals surface area contributed by atoms with Crippen LogP contribution in [0.5, 0.6) is 0 Å². The Hall–Kier alpha value is -2.76. The van der Waals surface area contributed by atoms with Crippen molar-refractivity contribution in [2.75, 3.05) is 5.75 Å². The van der Waals surface area contributed by atoms with E-state index in [2.05, 4.69) is 32.9 Å². The minimum absolute atomic E-state index is 0.00495. The van der Waals surface area contributed by atoms with Crippen LogP contribution >= 0.6 is 34.9 Å². The van der Waals surface area contributed by atoms with Crippen molar-refractivity contribution < 1.29 is 9.72 Å². The molecule has 3 rings (SSSR count). The van der Waals surface area contributed by atoms with Gasteiger partial charge in [-0.25, -0.2) is 5.43 Å². The van der Waals surface area contributed by atoms with Crippen LogP contribution < -0.4 is 5.43 Å². The Kier molecular flexibility index (Phi) is 7.94. The number of amides is 1. The molecule has 8 nitrogen and oxygen atoms in total. The molecule has 0 aliphatic rings. The molecule has 0 atom stereocenters. The highest BCUT2D eigenvalue weighted by molar-refractivity contribution is 8.03. The van der Waals surface area contributed by atoms with Gasteiger partial charge in [-0.3, -0.25) is 14.9 Å². The number of hydrogen-bond acceptors (Lipinski definition) is 9. The number of nitrogens with zero attached hydrogens (tertiary/aromatic N) is 4. The van der Waals surface area contributed by atoms with Gasteiger partial charge in [0, 0.05) is 17.9 Å². The number of carbonyl (C=O) groups excluding carboxylic acids is 1. The predicted molar refractivity (Wildman–Crippen MR) is 120 cm³/mol. The Labute approximate surface area is 185 Å². The third-order valence-corrected chi connectivity index (χ3v) is 7.03. The molecule has 1 amide bonds. The Morgan fingerprint density at radius 2 is 1.77 bits per heavy atom. The third-order valence-electron chi connectivity index (χ3n) is 3.76. The van der Waals surface area contributed by atoms with Crippen molar-refractivity contribution in [2.45, 2.75) is 21.4 Å². The molecular formula is C19H17N5O3S3. The van der Waals surface area contributed by atoms with Crippen molar-refractivity contribution in [2.24, 2.45) is 5.10 Å². The molecule has 0 bridgehead atoms. The number of thioether (sulfide) groups is 2. The Balaban J connectivity index is 1.44. The second-order valence-corrected chi connectivity index (χ2v) is 9.36. The number of non-ortho nitro benzene ring substituents is 1. The van der Waals surface area contributed by atoms with Crippen molar-refractivity contribution in [3.63, 3.8) is 0 Å². The van der Waals surface area contributed by atoms with E-state index in [9.17, 15) is 14.9 Å². The molecule has 1 heterocycles. The summed E-state index contributed by atoms with van der Waals surface area (Å²) in [6.45, 7) is 1.72. The quantitative estimate of drug-likeness (QED) is 0.219. The summed E-state index contributed by atoms with van der Waals surface area (Å²) in [4.78, 5) is 22.3. The molecule has 1 aromatic heterocycles. The lowest BCUT2D eigenvalue weighted by Crippen LogP contribution is -2.21. The Bertz CT molecular complexity index is 1040. The van der Waals surface area contributed by atoms with E-state index in [0.717, 1.165) is 14.4 Å². The van der Waals surface area contributed by atoms with E-state index >= 15 is 0 Å². The van der Waals surface area contributed by atoms with E-state index in [4.69, 9.17) is 0 Å². The molecule has 154 valence electrons. The van der Waals surface area contributed by atoms with E-state index < -0.39 is 4.92 Å². The van der Waals surface area contributed by atoms with Crippen LogP contribution in [0.25, 0.3) is 0 Å². The van der Waals surface area contributed by atoms with Crippen LogP contribution in [0.15, 0.2) is 68.4 Å². The largest absolute Gasteiger partial charge is 0.272 e. The number of hydrogen-bond donors (Lipinski definition) is 1. The Morgan fingerprint density at radius 3 is 2.43 bits per heavy atom. The standard InChI is InChI=1S/C19H17N5O3S3/c1-13(15-7-9-16(10-8-15)24(26)27)20-21-17(25)12-29-19-23-22-18(30-19)28-11-14-5-3-2-4-6-14/h2-10H,11-12H2,1H3,(H,21,25). The van der Waals surface area contributed by atoms with E-state index in [-0.39, 0.29) is 17.3 Å². The predicted octanol–water partition coefficient (Wildman–Crippen LogP) is 4.37. The number of aromatic nitrogens is 2. The lowest BCUT2D eigenvalue weighted by molar-refractivity contribution is -0.384. The fraction of sp³-hybridized carbons (Fsp3) is 0.158. The molecule has 3 aromatic rings. The molecule has 2 aromatic carbocycles. The SMILES string of the molecule is CC(=NNC(=O)CSc1nnc(SCc2ccccc2)s1)c1ccc([N+](=O)[O-])cc1. The topological polar surface area (TPSA) is 110 Å². The zero-order chi connectivity index (χ0) is 21.3. The Morgan fingerprint density at radius 1 is 1.10 bits per heavy atom. The number of nitro benzene ring substituents is 1. The van der Waals surface area contributed by atoms with Gasteiger partial charge >= 0.3 is 0 Å². The fourth-order valence-corrected chi connectivity index (χ4v) is 5.00. The first-order valence-electron chi connectivity index (χ1n) is 8.72. The maximum absolute atomic E-state index is 12.0. The zero-order valence-electron chi connectivity index (χ0n) is 15.8. The molecule has 0 aliphatic heterocycles. The van der Waals surface area contributed by atoms with Crippen molar-refractivity contribution in [1.82, 2.24) is 15.6 Å². The highest BCUT2D eigenvalue weighted by Gasteiger charge is 2.09. The van der Waals surface area contributed by atoms with E-state index in [1.54, 1.807) is 30.8 Å². The van der Waals surface area contributed by atoms with Crippen LogP contribution in [0, 0.1) is 10.1 Å². The summed E-state index contributed by atoms with van der Waals surface area (Å²) >= 11 is 4.36. The minimum atomic E-state index is -0.464. The maximum Gasteiger partial charge on any atom is 0.269 e. The highest BCUT2D eigenvalue weighted by atomic mass is 32.2. The van der Waals surface area contributed by atoms with Crippen LogP contribution in [-0.2, 0) is 10.5 Å². The van der Waals surface area contributed by atoms with Gasteiger partial charge in [0.2, 0.25) is 0 Å². The first-order valence-corrected chi connectivity index (χ1v) is 11.5. The van der Waals surface area contributed by atoms with Gasteiger partial charge in [0.25, 0.3) is 11.6 Å². The van der Waals surface area contributed by atoms with Crippen molar-refractivity contribution in [3.8, 4) is 0 Å². The smallest absolute Gasteiger partial charge is 0.269 e. The molecular weight excluding hydrogens is 442 g/mol. The van der Waals surface area contributed by atoms with Gasteiger partial charge in [0.1, 0.15) is 0 Å². The van der Waals surface area contributed by atoms with Crippen molar-refractivity contribution >= 4 is 52.2 Å². The molecule has 0 saturated carbocycles. The van der Waals surface area contributed by atoms with Gasteiger partial charge in [0.05, 0.1) is 16.4 Å². The summed E-state index contributed by atoms with van der Waals surface area (Å²) < 4.78 is 1.57. The molecule has 30 heavy (non-hydrogen) atoms. The summed E-state index contributed by atoms with van der Waals surface area (Å²) in [5.74, 6) is 0.710. The van der Waals surface area contributed by atoms with E-state index in [1.807, 2.05) is 18.2 Å². The van der Waals surface area contributed by atoms with Crippen LogP contribution in [0.2, 0.25) is 0 Å². The van der Waals surface area contributed by atoms with Crippen LogP contribution in [0.1, 0.15) is 18.1 Å². The van der Waals surface area contributed by atoms with Gasteiger partial charge < -0.3 is 0 Å². The van der Waals surface area contributed by atoms with Gasteiger partial charge in [-0.15, -0.1) is 10.2 Å².